The van der Waals surface area contributed by atoms with E-state index in [0.29, 0.717) is 6.61 Å². The van der Waals surface area contributed by atoms with Gasteiger partial charge < -0.3 is 4.74 Å². The zero-order chi connectivity index (χ0) is 11.6. The van der Waals surface area contributed by atoms with Crippen LogP contribution in [0.2, 0.25) is 0 Å². The standard InChI is InChI=1S/C15H20O/c1-3-12-16-13-6-4-5-7-15-10-8-14(2)9-11-15/h1,8-11H,4-7,12-13H2,2H3. The Morgan fingerprint density at radius 1 is 1.12 bits per heavy atom. The molecule has 1 nitrogen and oxygen atoms in total. The minimum absolute atomic E-state index is 0.442. The number of benzene rings is 1. The van der Waals surface area contributed by atoms with Crippen LogP contribution in [0.3, 0.4) is 0 Å². The van der Waals surface area contributed by atoms with E-state index < -0.39 is 0 Å². The topological polar surface area (TPSA) is 9.23 Å². The van der Waals surface area contributed by atoms with Crippen molar-refractivity contribution in [2.45, 2.75) is 32.6 Å². The van der Waals surface area contributed by atoms with Crippen LogP contribution in [0, 0.1) is 19.3 Å². The highest BCUT2D eigenvalue weighted by molar-refractivity contribution is 5.21. The summed E-state index contributed by atoms with van der Waals surface area (Å²) in [5.74, 6) is 2.47. The minimum Gasteiger partial charge on any atom is -0.369 e. The maximum Gasteiger partial charge on any atom is 0.107 e. The molecular weight excluding hydrogens is 196 g/mol. The molecule has 0 aliphatic rings. The van der Waals surface area contributed by atoms with Gasteiger partial charge in [0.25, 0.3) is 0 Å². The molecule has 0 saturated carbocycles. The molecule has 0 bridgehead atoms. The lowest BCUT2D eigenvalue weighted by Crippen LogP contribution is -1.95. The lowest BCUT2D eigenvalue weighted by Gasteiger charge is -2.02. The fourth-order valence-corrected chi connectivity index (χ4v) is 1.60. The number of rotatable bonds is 7. The van der Waals surface area contributed by atoms with Gasteiger partial charge in [0.2, 0.25) is 0 Å². The lowest BCUT2D eigenvalue weighted by molar-refractivity contribution is 0.162. The van der Waals surface area contributed by atoms with Crippen molar-refractivity contribution in [1.29, 1.82) is 0 Å². The Morgan fingerprint density at radius 3 is 2.56 bits per heavy atom. The molecule has 1 aromatic carbocycles. The molecule has 0 aliphatic carbocycles. The maximum absolute atomic E-state index is 5.21. The van der Waals surface area contributed by atoms with E-state index in [1.165, 1.54) is 24.0 Å². The van der Waals surface area contributed by atoms with Crippen LogP contribution in [-0.4, -0.2) is 13.2 Å². The molecule has 0 saturated heterocycles. The Hall–Kier alpha value is -1.26. The third-order valence-electron chi connectivity index (χ3n) is 2.56. The molecule has 16 heavy (non-hydrogen) atoms. The Balaban J connectivity index is 2.03. The summed E-state index contributed by atoms with van der Waals surface area (Å²) in [6, 6.07) is 8.77. The van der Waals surface area contributed by atoms with Gasteiger partial charge in [-0.2, -0.15) is 0 Å². The van der Waals surface area contributed by atoms with Crippen molar-refractivity contribution in [1.82, 2.24) is 0 Å². The first kappa shape index (κ1) is 12.8. The molecule has 0 N–H and O–H groups in total. The van der Waals surface area contributed by atoms with Gasteiger partial charge >= 0.3 is 0 Å². The Bertz CT molecular complexity index is 318. The smallest absolute Gasteiger partial charge is 0.107 e. The Morgan fingerprint density at radius 2 is 1.88 bits per heavy atom. The van der Waals surface area contributed by atoms with Gasteiger partial charge in [-0.1, -0.05) is 42.2 Å². The van der Waals surface area contributed by atoms with Crippen molar-refractivity contribution in [3.63, 3.8) is 0 Å². The number of terminal acetylenes is 1. The van der Waals surface area contributed by atoms with Crippen LogP contribution < -0.4 is 0 Å². The lowest BCUT2D eigenvalue weighted by atomic mass is 10.1. The van der Waals surface area contributed by atoms with Gasteiger partial charge in [-0.15, -0.1) is 6.42 Å². The Labute approximate surface area is 98.8 Å². The van der Waals surface area contributed by atoms with Crippen molar-refractivity contribution >= 4 is 0 Å². The second kappa shape index (κ2) is 7.96. The van der Waals surface area contributed by atoms with E-state index in [1.807, 2.05) is 0 Å². The zero-order valence-corrected chi connectivity index (χ0v) is 10.0. The molecule has 1 heteroatoms. The number of aryl methyl sites for hydroxylation is 2. The van der Waals surface area contributed by atoms with Crippen molar-refractivity contribution in [2.24, 2.45) is 0 Å². The molecular formula is C15H20O. The van der Waals surface area contributed by atoms with Crippen LogP contribution in [0.25, 0.3) is 0 Å². The molecule has 1 aromatic rings. The van der Waals surface area contributed by atoms with Crippen molar-refractivity contribution < 1.29 is 4.74 Å². The number of hydrogen-bond donors (Lipinski definition) is 0. The van der Waals surface area contributed by atoms with E-state index in [0.717, 1.165) is 19.4 Å². The van der Waals surface area contributed by atoms with Crippen LogP contribution in [-0.2, 0) is 11.2 Å². The first-order chi connectivity index (χ1) is 7.83. The summed E-state index contributed by atoms with van der Waals surface area (Å²) in [6.45, 7) is 3.35. The van der Waals surface area contributed by atoms with Gasteiger partial charge in [0.1, 0.15) is 6.61 Å². The third kappa shape index (κ3) is 5.58. The predicted molar refractivity (Wildman–Crippen MR) is 68.4 cm³/mol. The average molecular weight is 216 g/mol. The molecule has 0 atom stereocenters. The molecule has 0 spiro atoms. The summed E-state index contributed by atoms with van der Waals surface area (Å²) >= 11 is 0. The largest absolute Gasteiger partial charge is 0.369 e. The van der Waals surface area contributed by atoms with Gasteiger partial charge in [0, 0.05) is 6.61 Å². The SMILES string of the molecule is C#CCOCCCCCc1ccc(C)cc1. The first-order valence-corrected chi connectivity index (χ1v) is 5.89. The van der Waals surface area contributed by atoms with Crippen molar-refractivity contribution in [3.8, 4) is 12.3 Å². The molecule has 0 unspecified atom stereocenters. The quantitative estimate of drug-likeness (QED) is 0.501. The Kier molecular flexibility index (Phi) is 6.37. The van der Waals surface area contributed by atoms with Crippen molar-refractivity contribution in [2.75, 3.05) is 13.2 Å². The van der Waals surface area contributed by atoms with E-state index in [4.69, 9.17) is 11.2 Å². The summed E-state index contributed by atoms with van der Waals surface area (Å²) in [4.78, 5) is 0. The summed E-state index contributed by atoms with van der Waals surface area (Å²) in [5.41, 5.74) is 2.75. The average Bonchev–Trinajstić information content (AvgIpc) is 2.30. The molecule has 0 amide bonds. The summed E-state index contributed by atoms with van der Waals surface area (Å²) in [6.07, 6.45) is 9.78. The number of unbranched alkanes of at least 4 members (excludes halogenated alkanes) is 2. The minimum atomic E-state index is 0.442. The first-order valence-electron chi connectivity index (χ1n) is 5.89. The molecule has 1 rings (SSSR count). The fourth-order valence-electron chi connectivity index (χ4n) is 1.60. The molecule has 0 heterocycles. The fraction of sp³-hybridized carbons (Fsp3) is 0.467. The molecule has 86 valence electrons. The van der Waals surface area contributed by atoms with Gasteiger partial charge in [0.15, 0.2) is 0 Å². The highest BCUT2D eigenvalue weighted by Gasteiger charge is 1.93. The van der Waals surface area contributed by atoms with Crippen molar-refractivity contribution in [3.05, 3.63) is 35.4 Å². The second-order valence-electron chi connectivity index (χ2n) is 4.05. The number of hydrogen-bond acceptors (Lipinski definition) is 1. The summed E-state index contributed by atoms with van der Waals surface area (Å²) < 4.78 is 5.21. The van der Waals surface area contributed by atoms with Crippen LogP contribution in [0.5, 0.6) is 0 Å². The zero-order valence-electron chi connectivity index (χ0n) is 10.0. The number of ether oxygens (including phenoxy) is 1. The molecule has 0 aromatic heterocycles. The summed E-state index contributed by atoms with van der Waals surface area (Å²) in [7, 11) is 0. The van der Waals surface area contributed by atoms with E-state index in [1.54, 1.807) is 0 Å². The normalized spacial score (nSPS) is 10.0. The summed E-state index contributed by atoms with van der Waals surface area (Å²) in [5, 5.41) is 0. The monoisotopic (exact) mass is 216 g/mol. The van der Waals surface area contributed by atoms with Gasteiger partial charge in [-0.3, -0.25) is 0 Å². The van der Waals surface area contributed by atoms with E-state index in [2.05, 4.69) is 37.1 Å². The molecule has 0 radical (unpaired) electrons. The van der Waals surface area contributed by atoms with E-state index >= 15 is 0 Å². The highest BCUT2D eigenvalue weighted by Crippen LogP contribution is 2.08. The van der Waals surface area contributed by atoms with Gasteiger partial charge in [-0.05, 0) is 31.7 Å². The van der Waals surface area contributed by atoms with Crippen LogP contribution in [0.15, 0.2) is 24.3 Å². The van der Waals surface area contributed by atoms with E-state index in [9.17, 15) is 0 Å². The second-order valence-corrected chi connectivity index (χ2v) is 4.05. The van der Waals surface area contributed by atoms with Crippen LogP contribution in [0.4, 0.5) is 0 Å². The van der Waals surface area contributed by atoms with E-state index in [-0.39, 0.29) is 0 Å². The van der Waals surface area contributed by atoms with Gasteiger partial charge in [-0.25, -0.2) is 0 Å². The van der Waals surface area contributed by atoms with Gasteiger partial charge in [0.05, 0.1) is 0 Å². The van der Waals surface area contributed by atoms with Crippen LogP contribution in [0.1, 0.15) is 30.4 Å². The highest BCUT2D eigenvalue weighted by atomic mass is 16.5. The third-order valence-corrected chi connectivity index (χ3v) is 2.56. The molecule has 0 fully saturated rings. The van der Waals surface area contributed by atoms with Crippen LogP contribution >= 0.6 is 0 Å². The predicted octanol–water partition coefficient (Wildman–Crippen LogP) is 3.36. The molecule has 0 aliphatic heterocycles. The maximum atomic E-state index is 5.21.